The first-order valence-corrected chi connectivity index (χ1v) is 10.9. The monoisotopic (exact) mass is 418 g/mol. The van der Waals surface area contributed by atoms with Crippen molar-refractivity contribution in [2.75, 3.05) is 11.1 Å². The molecule has 8 heteroatoms. The second-order valence-electron chi connectivity index (χ2n) is 6.82. The van der Waals surface area contributed by atoms with Crippen molar-refractivity contribution < 1.29 is 4.79 Å². The van der Waals surface area contributed by atoms with Gasteiger partial charge in [-0.25, -0.2) is 0 Å². The van der Waals surface area contributed by atoms with Gasteiger partial charge in [0, 0.05) is 11.9 Å². The van der Waals surface area contributed by atoms with Crippen LogP contribution >= 0.6 is 11.8 Å². The van der Waals surface area contributed by atoms with Crippen LogP contribution in [0.15, 0.2) is 66.0 Å². The summed E-state index contributed by atoms with van der Waals surface area (Å²) in [5.74, 6) is 0.118. The predicted molar refractivity (Wildman–Crippen MR) is 118 cm³/mol. The third-order valence-corrected chi connectivity index (χ3v) is 5.47. The van der Waals surface area contributed by atoms with E-state index in [9.17, 15) is 4.79 Å². The van der Waals surface area contributed by atoms with E-state index in [2.05, 4.69) is 44.7 Å². The average Bonchev–Trinajstić information content (AvgIpc) is 3.20. The van der Waals surface area contributed by atoms with Gasteiger partial charge in [0.1, 0.15) is 5.69 Å². The van der Waals surface area contributed by atoms with E-state index >= 15 is 0 Å². The van der Waals surface area contributed by atoms with Gasteiger partial charge in [0.05, 0.1) is 11.4 Å². The molecular weight excluding hydrogens is 396 g/mol. The van der Waals surface area contributed by atoms with E-state index in [0.29, 0.717) is 10.8 Å². The third-order valence-electron chi connectivity index (χ3n) is 4.55. The lowest BCUT2D eigenvalue weighted by molar-refractivity contribution is -0.113. The molecule has 0 saturated heterocycles. The van der Waals surface area contributed by atoms with Crippen LogP contribution in [0.5, 0.6) is 0 Å². The summed E-state index contributed by atoms with van der Waals surface area (Å²) in [5, 5.41) is 16.4. The number of benzene rings is 1. The van der Waals surface area contributed by atoms with E-state index in [1.165, 1.54) is 30.2 Å². The summed E-state index contributed by atoms with van der Waals surface area (Å²) >= 11 is 1.30. The number of fused-ring (bicyclic) bond motifs is 1. The SMILES string of the molecule is CCCCc1ccc(NC(=O)CSc2nnc3ccc(-c4ccccn4)nn23)cc1. The Kier molecular flexibility index (Phi) is 6.34. The normalized spacial score (nSPS) is 11.0. The summed E-state index contributed by atoms with van der Waals surface area (Å²) in [6.45, 7) is 2.18. The average molecular weight is 419 g/mol. The molecule has 0 aliphatic rings. The number of hydrogen-bond donors (Lipinski definition) is 1. The molecule has 0 radical (unpaired) electrons. The van der Waals surface area contributed by atoms with Crippen LogP contribution in [0, 0.1) is 0 Å². The summed E-state index contributed by atoms with van der Waals surface area (Å²) in [7, 11) is 0. The molecule has 0 fully saturated rings. The summed E-state index contributed by atoms with van der Waals surface area (Å²) in [4.78, 5) is 16.7. The fourth-order valence-corrected chi connectivity index (χ4v) is 3.66. The molecule has 0 aliphatic carbocycles. The second kappa shape index (κ2) is 9.49. The van der Waals surface area contributed by atoms with Crippen LogP contribution in [0.25, 0.3) is 17.0 Å². The maximum atomic E-state index is 12.4. The molecule has 30 heavy (non-hydrogen) atoms. The van der Waals surface area contributed by atoms with Gasteiger partial charge in [-0.2, -0.15) is 9.61 Å². The smallest absolute Gasteiger partial charge is 0.234 e. The summed E-state index contributed by atoms with van der Waals surface area (Å²) in [6, 6.07) is 17.4. The number of aryl methyl sites for hydroxylation is 1. The van der Waals surface area contributed by atoms with Gasteiger partial charge in [0.2, 0.25) is 11.1 Å². The van der Waals surface area contributed by atoms with Crippen LogP contribution in [-0.2, 0) is 11.2 Å². The lowest BCUT2D eigenvalue weighted by Gasteiger charge is -2.06. The van der Waals surface area contributed by atoms with Gasteiger partial charge in [-0.1, -0.05) is 43.3 Å². The van der Waals surface area contributed by atoms with Crippen LogP contribution in [0.1, 0.15) is 25.3 Å². The maximum absolute atomic E-state index is 12.4. The molecule has 1 N–H and O–H groups in total. The van der Waals surface area contributed by atoms with Crippen molar-refractivity contribution in [2.45, 2.75) is 31.3 Å². The lowest BCUT2D eigenvalue weighted by Crippen LogP contribution is -2.14. The Morgan fingerprint density at radius 1 is 1.03 bits per heavy atom. The standard InChI is InChI=1S/C22H22N6OS/c1-2-3-6-16-8-10-17(11-9-16)24-21(29)15-30-22-26-25-20-13-12-19(27-28(20)22)18-7-4-5-14-23-18/h4-5,7-14H,2-3,6,15H2,1H3,(H,24,29). The number of pyridine rings is 1. The number of rotatable bonds is 8. The number of unbranched alkanes of at least 4 members (excludes halogenated alkanes) is 1. The Balaban J connectivity index is 1.40. The van der Waals surface area contributed by atoms with E-state index in [1.807, 2.05) is 42.5 Å². The van der Waals surface area contributed by atoms with Gasteiger partial charge >= 0.3 is 0 Å². The predicted octanol–water partition coefficient (Wildman–Crippen LogP) is 4.26. The number of carbonyl (C=O) groups is 1. The van der Waals surface area contributed by atoms with Crippen molar-refractivity contribution in [2.24, 2.45) is 0 Å². The second-order valence-corrected chi connectivity index (χ2v) is 7.77. The molecule has 0 atom stereocenters. The zero-order valence-electron chi connectivity index (χ0n) is 16.7. The number of nitrogens with one attached hydrogen (secondary N) is 1. The van der Waals surface area contributed by atoms with E-state index in [0.717, 1.165) is 23.5 Å². The van der Waals surface area contributed by atoms with Crippen LogP contribution in [-0.4, -0.2) is 36.5 Å². The number of carbonyl (C=O) groups excluding carboxylic acids is 1. The highest BCUT2D eigenvalue weighted by Crippen LogP contribution is 2.20. The largest absolute Gasteiger partial charge is 0.325 e. The molecule has 4 rings (SSSR count). The number of hydrogen-bond acceptors (Lipinski definition) is 6. The van der Waals surface area contributed by atoms with Crippen molar-refractivity contribution in [3.63, 3.8) is 0 Å². The molecule has 1 amide bonds. The van der Waals surface area contributed by atoms with Gasteiger partial charge in [0.25, 0.3) is 0 Å². The fourth-order valence-electron chi connectivity index (χ4n) is 2.97. The fraction of sp³-hybridized carbons (Fsp3) is 0.227. The highest BCUT2D eigenvalue weighted by atomic mass is 32.2. The van der Waals surface area contributed by atoms with Crippen LogP contribution in [0.4, 0.5) is 5.69 Å². The minimum atomic E-state index is -0.0982. The van der Waals surface area contributed by atoms with E-state index < -0.39 is 0 Å². The lowest BCUT2D eigenvalue weighted by atomic mass is 10.1. The molecule has 1 aromatic carbocycles. The highest BCUT2D eigenvalue weighted by molar-refractivity contribution is 7.99. The van der Waals surface area contributed by atoms with Crippen molar-refractivity contribution >= 4 is 29.0 Å². The zero-order valence-corrected chi connectivity index (χ0v) is 17.5. The Morgan fingerprint density at radius 2 is 1.90 bits per heavy atom. The van der Waals surface area contributed by atoms with Gasteiger partial charge in [-0.05, 0) is 54.8 Å². The number of amides is 1. The first kappa shape index (κ1) is 20.0. The van der Waals surface area contributed by atoms with Crippen LogP contribution < -0.4 is 5.32 Å². The van der Waals surface area contributed by atoms with Crippen molar-refractivity contribution in [3.8, 4) is 11.4 Å². The van der Waals surface area contributed by atoms with Gasteiger partial charge in [0.15, 0.2) is 5.65 Å². The first-order chi connectivity index (χ1) is 14.7. The highest BCUT2D eigenvalue weighted by Gasteiger charge is 2.12. The van der Waals surface area contributed by atoms with Gasteiger partial charge in [-0.15, -0.1) is 10.2 Å². The molecule has 0 unspecified atom stereocenters. The first-order valence-electron chi connectivity index (χ1n) is 9.88. The van der Waals surface area contributed by atoms with Crippen molar-refractivity contribution in [3.05, 3.63) is 66.4 Å². The van der Waals surface area contributed by atoms with Gasteiger partial charge in [-0.3, -0.25) is 9.78 Å². The number of nitrogens with zero attached hydrogens (tertiary/aromatic N) is 5. The Morgan fingerprint density at radius 3 is 2.67 bits per heavy atom. The maximum Gasteiger partial charge on any atom is 0.234 e. The molecule has 3 aromatic heterocycles. The summed E-state index contributed by atoms with van der Waals surface area (Å²) in [5.41, 5.74) is 4.19. The topological polar surface area (TPSA) is 85.1 Å². The minimum absolute atomic E-state index is 0.0982. The molecule has 0 bridgehead atoms. The Hall–Kier alpha value is -3.26. The minimum Gasteiger partial charge on any atom is -0.325 e. The van der Waals surface area contributed by atoms with Crippen molar-refractivity contribution in [1.29, 1.82) is 0 Å². The summed E-state index contributed by atoms with van der Waals surface area (Å²) < 4.78 is 1.64. The number of thioether (sulfide) groups is 1. The molecule has 0 spiro atoms. The molecule has 7 nitrogen and oxygen atoms in total. The van der Waals surface area contributed by atoms with Crippen LogP contribution in [0.3, 0.4) is 0 Å². The van der Waals surface area contributed by atoms with Crippen molar-refractivity contribution in [1.82, 2.24) is 24.8 Å². The number of anilines is 1. The molecular formula is C22H22N6OS. The molecule has 0 aliphatic heterocycles. The van der Waals surface area contributed by atoms with E-state index in [-0.39, 0.29) is 11.7 Å². The summed E-state index contributed by atoms with van der Waals surface area (Å²) in [6.07, 6.45) is 5.13. The molecule has 152 valence electrons. The number of aromatic nitrogens is 5. The molecule has 3 heterocycles. The van der Waals surface area contributed by atoms with Gasteiger partial charge < -0.3 is 5.32 Å². The molecule has 0 saturated carbocycles. The van der Waals surface area contributed by atoms with E-state index in [4.69, 9.17) is 0 Å². The quantitative estimate of drug-likeness (QED) is 0.430. The van der Waals surface area contributed by atoms with Crippen LogP contribution in [0.2, 0.25) is 0 Å². The third kappa shape index (κ3) is 4.83. The Labute approximate surface area is 179 Å². The van der Waals surface area contributed by atoms with E-state index in [1.54, 1.807) is 10.7 Å². The molecule has 4 aromatic rings. The Bertz CT molecular complexity index is 1130. The zero-order chi connectivity index (χ0) is 20.8.